The maximum Gasteiger partial charge on any atom is 0.423 e. The lowest BCUT2D eigenvalue weighted by Gasteiger charge is -2.11. The molecule has 0 aromatic heterocycles. The maximum atomic E-state index is 12.5. The molecule has 1 rings (SSSR count). The van der Waals surface area contributed by atoms with Crippen molar-refractivity contribution in [1.82, 2.24) is 0 Å². The Labute approximate surface area is 97.5 Å². The van der Waals surface area contributed by atoms with Gasteiger partial charge in [0.05, 0.1) is 4.92 Å². The molecule has 0 saturated heterocycles. The van der Waals surface area contributed by atoms with Gasteiger partial charge < -0.3 is 0 Å². The van der Waals surface area contributed by atoms with Crippen LogP contribution in [0.1, 0.15) is 16.7 Å². The van der Waals surface area contributed by atoms with Gasteiger partial charge in [0, 0.05) is 10.9 Å². The van der Waals surface area contributed by atoms with Crippen LogP contribution in [-0.2, 0) is 11.5 Å². The predicted octanol–water partition coefficient (Wildman–Crippen LogP) is 3.82. The number of nitro groups is 1. The lowest BCUT2D eigenvalue weighted by molar-refractivity contribution is -0.388. The molecule has 0 bridgehead atoms. The van der Waals surface area contributed by atoms with Gasteiger partial charge in [0.1, 0.15) is 5.56 Å². The van der Waals surface area contributed by atoms with Crippen LogP contribution in [0.5, 0.6) is 0 Å². The van der Waals surface area contributed by atoms with Gasteiger partial charge in [0.15, 0.2) is 0 Å². The first-order chi connectivity index (χ1) is 7.29. The van der Waals surface area contributed by atoms with E-state index in [2.05, 4.69) is 15.9 Å². The molecule has 0 amide bonds. The van der Waals surface area contributed by atoms with Crippen molar-refractivity contribution >= 4 is 21.6 Å². The van der Waals surface area contributed by atoms with E-state index in [1.807, 2.05) is 0 Å². The van der Waals surface area contributed by atoms with Gasteiger partial charge >= 0.3 is 6.18 Å². The van der Waals surface area contributed by atoms with Crippen molar-refractivity contribution in [1.29, 1.82) is 0 Å². The first-order valence-corrected chi connectivity index (χ1v) is 5.31. The minimum absolute atomic E-state index is 0.0386. The van der Waals surface area contributed by atoms with Crippen LogP contribution in [0, 0.1) is 17.0 Å². The van der Waals surface area contributed by atoms with Gasteiger partial charge in [-0.2, -0.15) is 13.2 Å². The summed E-state index contributed by atoms with van der Waals surface area (Å²) in [5.74, 6) is 0. The average molecular weight is 298 g/mol. The summed E-state index contributed by atoms with van der Waals surface area (Å²) in [6.45, 7) is 1.31. The summed E-state index contributed by atoms with van der Waals surface area (Å²) < 4.78 is 37.5. The predicted molar refractivity (Wildman–Crippen MR) is 55.5 cm³/mol. The van der Waals surface area contributed by atoms with Crippen molar-refractivity contribution in [2.24, 2.45) is 0 Å². The van der Waals surface area contributed by atoms with E-state index in [0.717, 1.165) is 6.07 Å². The standard InChI is InChI=1S/C9H7BrF3NO2/c1-5-6(4-10)2-3-7(9(11,12)13)8(5)14(15)16/h2-3H,4H2,1H3. The number of nitro benzene ring substituents is 1. The van der Waals surface area contributed by atoms with Crippen LogP contribution in [-0.4, -0.2) is 4.92 Å². The van der Waals surface area contributed by atoms with Crippen LogP contribution >= 0.6 is 15.9 Å². The molecule has 16 heavy (non-hydrogen) atoms. The van der Waals surface area contributed by atoms with E-state index in [1.54, 1.807) is 0 Å². The number of benzene rings is 1. The van der Waals surface area contributed by atoms with E-state index in [0.29, 0.717) is 5.56 Å². The van der Waals surface area contributed by atoms with Crippen LogP contribution < -0.4 is 0 Å². The molecule has 0 radical (unpaired) electrons. The minimum Gasteiger partial charge on any atom is -0.258 e. The highest BCUT2D eigenvalue weighted by Crippen LogP contribution is 2.39. The summed E-state index contributed by atoms with van der Waals surface area (Å²) in [5, 5.41) is 10.9. The topological polar surface area (TPSA) is 43.1 Å². The molecule has 0 N–H and O–H groups in total. The Balaban J connectivity index is 3.53. The van der Waals surface area contributed by atoms with Gasteiger partial charge in [0.2, 0.25) is 0 Å². The Kier molecular flexibility index (Phi) is 3.57. The van der Waals surface area contributed by atoms with Crippen molar-refractivity contribution in [3.8, 4) is 0 Å². The fourth-order valence-corrected chi connectivity index (χ4v) is 1.96. The number of halogens is 4. The number of nitrogens with zero attached hydrogens (tertiary/aromatic N) is 1. The largest absolute Gasteiger partial charge is 0.423 e. The zero-order valence-corrected chi connectivity index (χ0v) is 9.72. The molecule has 0 heterocycles. The Bertz CT molecular complexity index is 431. The average Bonchev–Trinajstić information content (AvgIpc) is 2.15. The zero-order chi connectivity index (χ0) is 12.5. The first kappa shape index (κ1) is 13.0. The summed E-state index contributed by atoms with van der Waals surface area (Å²) in [5.41, 5.74) is -1.57. The molecule has 1 aromatic rings. The maximum absolute atomic E-state index is 12.5. The summed E-state index contributed by atoms with van der Waals surface area (Å²) >= 11 is 3.06. The molecular formula is C9H7BrF3NO2. The Morgan fingerprint density at radius 1 is 1.44 bits per heavy atom. The van der Waals surface area contributed by atoms with Gasteiger partial charge in [-0.15, -0.1) is 0 Å². The smallest absolute Gasteiger partial charge is 0.258 e. The fourth-order valence-electron chi connectivity index (χ4n) is 1.35. The van der Waals surface area contributed by atoms with Gasteiger partial charge in [-0.25, -0.2) is 0 Å². The highest BCUT2D eigenvalue weighted by Gasteiger charge is 2.39. The molecule has 7 heteroatoms. The molecule has 0 aliphatic carbocycles. The number of hydrogen-bond acceptors (Lipinski definition) is 2. The van der Waals surface area contributed by atoms with Crippen LogP contribution in [0.15, 0.2) is 12.1 Å². The summed E-state index contributed by atoms with van der Waals surface area (Å²) in [4.78, 5) is 9.65. The molecular weight excluding hydrogens is 291 g/mol. The zero-order valence-electron chi connectivity index (χ0n) is 8.14. The molecule has 0 unspecified atom stereocenters. The molecule has 1 aromatic carbocycles. The lowest BCUT2D eigenvalue weighted by Crippen LogP contribution is -2.11. The van der Waals surface area contributed by atoms with Crippen molar-refractivity contribution in [3.05, 3.63) is 38.9 Å². The van der Waals surface area contributed by atoms with Crippen molar-refractivity contribution < 1.29 is 18.1 Å². The van der Waals surface area contributed by atoms with Crippen molar-refractivity contribution in [3.63, 3.8) is 0 Å². The third kappa shape index (κ3) is 2.34. The van der Waals surface area contributed by atoms with E-state index in [4.69, 9.17) is 0 Å². The minimum atomic E-state index is -4.71. The molecule has 0 aliphatic heterocycles. The number of rotatable bonds is 2. The second-order valence-corrected chi connectivity index (χ2v) is 3.70. The third-order valence-electron chi connectivity index (χ3n) is 2.18. The quantitative estimate of drug-likeness (QED) is 0.473. The summed E-state index contributed by atoms with van der Waals surface area (Å²) in [6, 6.07) is 1.97. The van der Waals surface area contributed by atoms with E-state index in [-0.39, 0.29) is 10.9 Å². The molecule has 0 fully saturated rings. The Morgan fingerprint density at radius 3 is 2.38 bits per heavy atom. The van der Waals surface area contributed by atoms with Gasteiger partial charge in [-0.1, -0.05) is 22.0 Å². The second kappa shape index (κ2) is 4.40. The fraction of sp³-hybridized carbons (Fsp3) is 0.333. The third-order valence-corrected chi connectivity index (χ3v) is 2.78. The van der Waals surface area contributed by atoms with E-state index < -0.39 is 22.4 Å². The van der Waals surface area contributed by atoms with Crippen LogP contribution in [0.2, 0.25) is 0 Å². The Morgan fingerprint density at radius 2 is 2.00 bits per heavy atom. The second-order valence-electron chi connectivity index (χ2n) is 3.13. The normalized spacial score (nSPS) is 11.6. The van der Waals surface area contributed by atoms with E-state index in [9.17, 15) is 23.3 Å². The van der Waals surface area contributed by atoms with E-state index >= 15 is 0 Å². The first-order valence-electron chi connectivity index (χ1n) is 4.19. The van der Waals surface area contributed by atoms with Gasteiger partial charge in [-0.05, 0) is 18.6 Å². The summed E-state index contributed by atoms with van der Waals surface area (Å²) in [7, 11) is 0. The molecule has 0 spiro atoms. The van der Waals surface area contributed by atoms with Gasteiger partial charge in [0.25, 0.3) is 5.69 Å². The summed E-state index contributed by atoms with van der Waals surface area (Å²) in [6.07, 6.45) is -4.71. The Hall–Kier alpha value is -1.11. The molecule has 88 valence electrons. The van der Waals surface area contributed by atoms with E-state index in [1.165, 1.54) is 13.0 Å². The monoisotopic (exact) mass is 297 g/mol. The lowest BCUT2D eigenvalue weighted by atomic mass is 10.0. The SMILES string of the molecule is Cc1c(CBr)ccc(C(F)(F)F)c1[N+](=O)[O-]. The number of hydrogen-bond donors (Lipinski definition) is 0. The van der Waals surface area contributed by atoms with Gasteiger partial charge in [-0.3, -0.25) is 10.1 Å². The van der Waals surface area contributed by atoms with Crippen molar-refractivity contribution in [2.45, 2.75) is 18.4 Å². The highest BCUT2D eigenvalue weighted by atomic mass is 79.9. The molecule has 0 saturated carbocycles. The molecule has 0 aliphatic rings. The highest BCUT2D eigenvalue weighted by molar-refractivity contribution is 9.08. The molecule has 0 atom stereocenters. The van der Waals surface area contributed by atoms with Crippen LogP contribution in [0.25, 0.3) is 0 Å². The number of alkyl halides is 4. The van der Waals surface area contributed by atoms with Crippen molar-refractivity contribution in [2.75, 3.05) is 0 Å². The van der Waals surface area contributed by atoms with Crippen LogP contribution in [0.3, 0.4) is 0 Å². The van der Waals surface area contributed by atoms with Crippen LogP contribution in [0.4, 0.5) is 18.9 Å². The molecule has 3 nitrogen and oxygen atoms in total.